The molecule has 1 unspecified atom stereocenters. The van der Waals surface area contributed by atoms with E-state index in [0.29, 0.717) is 10.8 Å². The van der Waals surface area contributed by atoms with Gasteiger partial charge in [-0.2, -0.15) is 0 Å². The second kappa shape index (κ2) is 7.46. The fourth-order valence-corrected chi connectivity index (χ4v) is 3.20. The van der Waals surface area contributed by atoms with Gasteiger partial charge in [-0.3, -0.25) is 4.79 Å². The molecule has 136 valence electrons. The molecular formula is C17H15N7O2S. The van der Waals surface area contributed by atoms with Crippen molar-refractivity contribution in [1.29, 1.82) is 0 Å². The summed E-state index contributed by atoms with van der Waals surface area (Å²) >= 11 is 1.43. The number of aromatic nitrogens is 6. The highest BCUT2D eigenvalue weighted by Gasteiger charge is 2.17. The van der Waals surface area contributed by atoms with Crippen LogP contribution in [-0.2, 0) is 6.54 Å². The lowest BCUT2D eigenvalue weighted by Gasteiger charge is -2.05. The van der Waals surface area contributed by atoms with E-state index in [1.54, 1.807) is 23.1 Å². The summed E-state index contributed by atoms with van der Waals surface area (Å²) in [6, 6.07) is 11.3. The average Bonchev–Trinajstić information content (AvgIpc) is 3.48. The zero-order valence-corrected chi connectivity index (χ0v) is 15.1. The highest BCUT2D eigenvalue weighted by Crippen LogP contribution is 2.22. The van der Waals surface area contributed by atoms with Crippen LogP contribution in [0.3, 0.4) is 0 Å². The molecule has 9 nitrogen and oxygen atoms in total. The van der Waals surface area contributed by atoms with Gasteiger partial charge < -0.3 is 9.84 Å². The maximum atomic E-state index is 12.3. The van der Waals surface area contributed by atoms with Crippen molar-refractivity contribution >= 4 is 17.2 Å². The molecule has 1 aromatic carbocycles. The number of benzene rings is 1. The fourth-order valence-electron chi connectivity index (χ4n) is 2.41. The molecule has 0 saturated heterocycles. The maximum absolute atomic E-state index is 12.3. The largest absolute Gasteiger partial charge is 0.359 e. The molecular weight excluding hydrogens is 366 g/mol. The van der Waals surface area contributed by atoms with Gasteiger partial charge in [0, 0.05) is 11.6 Å². The Balaban J connectivity index is 1.38. The van der Waals surface area contributed by atoms with Crippen molar-refractivity contribution in [1.82, 2.24) is 35.7 Å². The van der Waals surface area contributed by atoms with Crippen LogP contribution < -0.4 is 5.32 Å². The summed E-state index contributed by atoms with van der Waals surface area (Å²) in [6.45, 7) is 2.15. The monoisotopic (exact) mass is 381 g/mol. The van der Waals surface area contributed by atoms with Crippen LogP contribution in [0.25, 0.3) is 10.6 Å². The van der Waals surface area contributed by atoms with Crippen molar-refractivity contribution in [2.75, 3.05) is 0 Å². The lowest BCUT2D eigenvalue weighted by atomic mass is 10.2. The van der Waals surface area contributed by atoms with Crippen LogP contribution in [0, 0.1) is 0 Å². The quantitative estimate of drug-likeness (QED) is 0.545. The molecule has 4 rings (SSSR count). The summed E-state index contributed by atoms with van der Waals surface area (Å²) in [5.74, 6) is 0.302. The van der Waals surface area contributed by atoms with Crippen LogP contribution in [0.1, 0.15) is 34.2 Å². The Morgan fingerprint density at radius 3 is 2.85 bits per heavy atom. The molecule has 1 N–H and O–H groups in total. The number of carbonyl (C=O) groups is 1. The Hall–Kier alpha value is -3.40. The van der Waals surface area contributed by atoms with Crippen LogP contribution in [0.2, 0.25) is 0 Å². The molecule has 0 aliphatic carbocycles. The molecule has 27 heavy (non-hydrogen) atoms. The van der Waals surface area contributed by atoms with Gasteiger partial charge in [0.25, 0.3) is 5.91 Å². The summed E-state index contributed by atoms with van der Waals surface area (Å²) in [4.78, 5) is 12.3. The van der Waals surface area contributed by atoms with Gasteiger partial charge in [-0.05, 0) is 6.92 Å². The number of hydrogen-bond donors (Lipinski definition) is 1. The molecule has 0 bridgehead atoms. The van der Waals surface area contributed by atoms with Crippen molar-refractivity contribution < 1.29 is 9.32 Å². The first-order valence-electron chi connectivity index (χ1n) is 8.19. The van der Waals surface area contributed by atoms with Gasteiger partial charge in [-0.15, -0.1) is 15.3 Å². The number of carbonyl (C=O) groups excluding carboxylic acids is 1. The van der Waals surface area contributed by atoms with Crippen molar-refractivity contribution in [3.63, 3.8) is 0 Å². The van der Waals surface area contributed by atoms with E-state index < -0.39 is 0 Å². The van der Waals surface area contributed by atoms with E-state index >= 15 is 0 Å². The number of rotatable bonds is 6. The third-order valence-corrected chi connectivity index (χ3v) is 4.87. The first-order chi connectivity index (χ1) is 13.2. The van der Waals surface area contributed by atoms with Crippen molar-refractivity contribution in [3.05, 3.63) is 65.3 Å². The van der Waals surface area contributed by atoms with Crippen LogP contribution >= 0.6 is 11.3 Å². The Bertz CT molecular complexity index is 1030. The predicted octanol–water partition coefficient (Wildman–Crippen LogP) is 2.32. The minimum atomic E-state index is -0.331. The first-order valence-corrected chi connectivity index (χ1v) is 9.01. The number of nitrogens with one attached hydrogen (secondary N) is 1. The van der Waals surface area contributed by atoms with Gasteiger partial charge in [0.1, 0.15) is 16.1 Å². The number of amides is 1. The van der Waals surface area contributed by atoms with Crippen LogP contribution in [0.5, 0.6) is 0 Å². The van der Waals surface area contributed by atoms with E-state index in [9.17, 15) is 4.79 Å². The van der Waals surface area contributed by atoms with Crippen LogP contribution in [-0.4, -0.2) is 36.3 Å². The Kier molecular flexibility index (Phi) is 4.71. The summed E-state index contributed by atoms with van der Waals surface area (Å²) in [5, 5.41) is 24.2. The molecule has 4 aromatic rings. The Morgan fingerprint density at radius 2 is 2.07 bits per heavy atom. The van der Waals surface area contributed by atoms with Gasteiger partial charge in [0.05, 0.1) is 18.9 Å². The van der Waals surface area contributed by atoms with Crippen LogP contribution in [0.4, 0.5) is 0 Å². The van der Waals surface area contributed by atoms with Gasteiger partial charge in [-0.1, -0.05) is 52.0 Å². The molecule has 0 fully saturated rings. The molecule has 0 spiro atoms. The highest BCUT2D eigenvalue weighted by molar-refractivity contribution is 7.14. The third kappa shape index (κ3) is 3.75. The Morgan fingerprint density at radius 1 is 1.22 bits per heavy atom. The molecule has 1 atom stereocenters. The minimum Gasteiger partial charge on any atom is -0.359 e. The zero-order valence-electron chi connectivity index (χ0n) is 14.3. The second-order valence-corrected chi connectivity index (χ2v) is 6.79. The molecule has 3 aromatic heterocycles. The molecule has 3 heterocycles. The van der Waals surface area contributed by atoms with E-state index in [1.807, 2.05) is 37.3 Å². The zero-order chi connectivity index (χ0) is 18.6. The van der Waals surface area contributed by atoms with Gasteiger partial charge in [0.15, 0.2) is 11.5 Å². The highest BCUT2D eigenvalue weighted by atomic mass is 32.1. The minimum absolute atomic E-state index is 0.210. The van der Waals surface area contributed by atoms with Gasteiger partial charge in [-0.25, -0.2) is 4.68 Å². The van der Waals surface area contributed by atoms with E-state index in [2.05, 4.69) is 31.0 Å². The number of nitrogens with zero attached hydrogens (tertiary/aromatic N) is 6. The van der Waals surface area contributed by atoms with Crippen molar-refractivity contribution in [3.8, 4) is 10.6 Å². The van der Waals surface area contributed by atoms with E-state index in [0.717, 1.165) is 10.6 Å². The lowest BCUT2D eigenvalue weighted by molar-refractivity contribution is 0.0945. The molecule has 0 saturated carbocycles. The van der Waals surface area contributed by atoms with E-state index in [4.69, 9.17) is 4.52 Å². The van der Waals surface area contributed by atoms with E-state index in [1.165, 1.54) is 11.3 Å². The summed E-state index contributed by atoms with van der Waals surface area (Å²) < 4.78 is 6.66. The maximum Gasteiger partial charge on any atom is 0.273 e. The standard InChI is InChI=1S/C17H15N7O2S/c1-11(14-7-8-19-26-14)24-10-13(20-23-24)16(25)18-9-15-21-22-17(27-15)12-5-3-2-4-6-12/h2-8,10-11H,9H2,1H3,(H,18,25). The summed E-state index contributed by atoms with van der Waals surface area (Å²) in [7, 11) is 0. The third-order valence-electron chi connectivity index (χ3n) is 3.90. The molecule has 10 heteroatoms. The van der Waals surface area contributed by atoms with Gasteiger partial charge >= 0.3 is 0 Å². The summed E-state index contributed by atoms with van der Waals surface area (Å²) in [6.07, 6.45) is 3.13. The fraction of sp³-hybridized carbons (Fsp3) is 0.176. The second-order valence-electron chi connectivity index (χ2n) is 5.72. The van der Waals surface area contributed by atoms with Crippen molar-refractivity contribution in [2.45, 2.75) is 19.5 Å². The lowest BCUT2D eigenvalue weighted by Crippen LogP contribution is -2.23. The smallest absolute Gasteiger partial charge is 0.273 e. The topological polar surface area (TPSA) is 112 Å². The average molecular weight is 381 g/mol. The molecule has 0 aliphatic heterocycles. The molecule has 1 amide bonds. The Labute approximate surface area is 158 Å². The SMILES string of the molecule is CC(c1ccno1)n1cc(C(=O)NCc2nnc(-c3ccccc3)s2)nn1. The molecule has 0 radical (unpaired) electrons. The predicted molar refractivity (Wildman–Crippen MR) is 96.9 cm³/mol. The molecule has 0 aliphatic rings. The van der Waals surface area contributed by atoms with Crippen LogP contribution in [0.15, 0.2) is 53.3 Å². The summed E-state index contributed by atoms with van der Waals surface area (Å²) in [5.41, 5.74) is 1.21. The normalized spacial score (nSPS) is 12.0. The van der Waals surface area contributed by atoms with Gasteiger partial charge in [0.2, 0.25) is 0 Å². The van der Waals surface area contributed by atoms with E-state index in [-0.39, 0.29) is 24.2 Å². The van der Waals surface area contributed by atoms with Crippen molar-refractivity contribution in [2.24, 2.45) is 0 Å². The first kappa shape index (κ1) is 17.0. The number of hydrogen-bond acceptors (Lipinski definition) is 8.